The normalized spacial score (nSPS) is 18.6. The van der Waals surface area contributed by atoms with Crippen molar-refractivity contribution in [1.29, 1.82) is 0 Å². The molecule has 0 amide bonds. The van der Waals surface area contributed by atoms with E-state index in [-0.39, 0.29) is 18.2 Å². The van der Waals surface area contributed by atoms with Gasteiger partial charge in [-0.3, -0.25) is 0 Å². The highest BCUT2D eigenvalue weighted by Gasteiger charge is 2.15. The van der Waals surface area contributed by atoms with Crippen LogP contribution in [0, 0.1) is 5.92 Å². The van der Waals surface area contributed by atoms with Crippen LogP contribution in [-0.4, -0.2) is 38.2 Å². The number of hydrogen-bond acceptors (Lipinski definition) is 3. The van der Waals surface area contributed by atoms with E-state index in [1.54, 1.807) is 12.1 Å². The quantitative estimate of drug-likeness (QED) is 0.871. The highest BCUT2D eigenvalue weighted by atomic mass is 35.5. The number of rotatable bonds is 6. The number of nitrogens with zero attached hydrogens (tertiary/aromatic N) is 1. The van der Waals surface area contributed by atoms with Crippen molar-refractivity contribution in [2.75, 3.05) is 26.7 Å². The number of benzene rings is 1. The molecule has 1 aliphatic rings. The highest BCUT2D eigenvalue weighted by Crippen LogP contribution is 2.17. The van der Waals surface area contributed by atoms with Crippen LogP contribution in [0.25, 0.3) is 0 Å². The van der Waals surface area contributed by atoms with E-state index in [2.05, 4.69) is 22.0 Å². The molecule has 0 bridgehead atoms. The summed E-state index contributed by atoms with van der Waals surface area (Å²) in [6.45, 7) is 1.34. The molecule has 1 heterocycles. The van der Waals surface area contributed by atoms with Crippen LogP contribution in [0.4, 0.5) is 8.78 Å². The predicted molar refractivity (Wildman–Crippen MR) is 82.2 cm³/mol. The van der Waals surface area contributed by atoms with Gasteiger partial charge in [0.2, 0.25) is 0 Å². The molecule has 1 aromatic rings. The molecule has 1 fully saturated rings. The fourth-order valence-corrected chi connectivity index (χ4v) is 2.67. The van der Waals surface area contributed by atoms with Crippen LogP contribution in [0.15, 0.2) is 24.3 Å². The summed E-state index contributed by atoms with van der Waals surface area (Å²) in [5.41, 5.74) is 1.11. The Hall–Kier alpha value is -0.910. The Balaban J connectivity index is 0.00000220. The van der Waals surface area contributed by atoms with Crippen molar-refractivity contribution in [2.45, 2.75) is 26.0 Å². The fourth-order valence-electron chi connectivity index (χ4n) is 2.67. The van der Waals surface area contributed by atoms with Crippen molar-refractivity contribution < 1.29 is 13.5 Å². The Bertz CT molecular complexity index is 397. The fraction of sp³-hybridized carbons (Fsp3) is 0.600. The van der Waals surface area contributed by atoms with Gasteiger partial charge in [0, 0.05) is 13.1 Å². The van der Waals surface area contributed by atoms with Crippen molar-refractivity contribution in [3.05, 3.63) is 29.8 Å². The first-order valence-corrected chi connectivity index (χ1v) is 7.06. The Morgan fingerprint density at radius 2 is 2.05 bits per heavy atom. The van der Waals surface area contributed by atoms with Gasteiger partial charge in [-0.2, -0.15) is 8.78 Å². The molecule has 0 spiro atoms. The van der Waals surface area contributed by atoms with E-state index in [0.717, 1.165) is 31.7 Å². The highest BCUT2D eigenvalue weighted by molar-refractivity contribution is 5.85. The average molecular weight is 321 g/mol. The molecule has 1 atom stereocenters. The molecule has 6 heteroatoms. The smallest absolute Gasteiger partial charge is 0.387 e. The molecule has 0 aromatic heterocycles. The lowest BCUT2D eigenvalue weighted by Crippen LogP contribution is -2.36. The topological polar surface area (TPSA) is 24.5 Å². The summed E-state index contributed by atoms with van der Waals surface area (Å²) >= 11 is 0. The van der Waals surface area contributed by atoms with Crippen LogP contribution >= 0.6 is 12.4 Å². The van der Waals surface area contributed by atoms with E-state index in [9.17, 15) is 8.78 Å². The van der Waals surface area contributed by atoms with Crippen LogP contribution in [0.5, 0.6) is 5.75 Å². The van der Waals surface area contributed by atoms with Crippen molar-refractivity contribution >= 4 is 12.4 Å². The van der Waals surface area contributed by atoms with Gasteiger partial charge in [0.1, 0.15) is 5.75 Å². The minimum absolute atomic E-state index is 0. The van der Waals surface area contributed by atoms with Gasteiger partial charge in [-0.1, -0.05) is 12.1 Å². The van der Waals surface area contributed by atoms with Crippen LogP contribution in [0.2, 0.25) is 0 Å². The molecule has 1 aromatic carbocycles. The minimum Gasteiger partial charge on any atom is -0.435 e. The Kier molecular flexibility index (Phi) is 7.93. The molecular weight excluding hydrogens is 298 g/mol. The number of hydrogen-bond donors (Lipinski definition) is 1. The maximum absolute atomic E-state index is 12.1. The molecule has 1 unspecified atom stereocenters. The molecular formula is C15H23ClF2N2O. The van der Waals surface area contributed by atoms with Gasteiger partial charge in [-0.15, -0.1) is 12.4 Å². The Morgan fingerprint density at radius 1 is 1.33 bits per heavy atom. The van der Waals surface area contributed by atoms with Crippen LogP contribution in [-0.2, 0) is 6.54 Å². The van der Waals surface area contributed by atoms with E-state index in [1.807, 2.05) is 12.1 Å². The van der Waals surface area contributed by atoms with Crippen LogP contribution in [0.1, 0.15) is 18.4 Å². The average Bonchev–Trinajstić information content (AvgIpc) is 2.41. The Labute approximate surface area is 131 Å². The number of nitrogens with one attached hydrogen (secondary N) is 1. The summed E-state index contributed by atoms with van der Waals surface area (Å²) in [6.07, 6.45) is 2.52. The third kappa shape index (κ3) is 6.59. The van der Waals surface area contributed by atoms with E-state index < -0.39 is 6.61 Å². The van der Waals surface area contributed by atoms with Gasteiger partial charge in [0.25, 0.3) is 0 Å². The monoisotopic (exact) mass is 320 g/mol. The predicted octanol–water partition coefficient (Wildman–Crippen LogP) is 3.14. The summed E-state index contributed by atoms with van der Waals surface area (Å²) in [4.78, 5) is 2.28. The minimum atomic E-state index is -2.76. The van der Waals surface area contributed by atoms with Gasteiger partial charge in [0.15, 0.2) is 0 Å². The number of alkyl halides is 2. The number of halogens is 3. The van der Waals surface area contributed by atoms with Gasteiger partial charge in [-0.05, 0) is 56.6 Å². The number of ether oxygens (including phenoxy) is 1. The first-order chi connectivity index (χ1) is 9.63. The first kappa shape index (κ1) is 18.1. The van der Waals surface area contributed by atoms with Gasteiger partial charge in [0.05, 0.1) is 0 Å². The van der Waals surface area contributed by atoms with Crippen LogP contribution < -0.4 is 10.1 Å². The molecule has 0 saturated carbocycles. The van der Waals surface area contributed by atoms with E-state index in [4.69, 9.17) is 0 Å². The second-order valence-electron chi connectivity index (χ2n) is 5.43. The number of piperidine rings is 1. The standard InChI is InChI=1S/C15H22F2N2O.ClH/c1-19(11-13-3-2-8-18-9-13)10-12-4-6-14(7-5-12)20-15(16)17;/h4-7,13,15,18H,2-3,8-11H2,1H3;1H. The molecule has 2 rings (SSSR count). The maximum atomic E-state index is 12.1. The molecule has 1 N–H and O–H groups in total. The Morgan fingerprint density at radius 3 is 2.62 bits per heavy atom. The third-order valence-corrected chi connectivity index (χ3v) is 3.57. The largest absolute Gasteiger partial charge is 0.435 e. The summed E-state index contributed by atoms with van der Waals surface area (Å²) in [6, 6.07) is 6.87. The summed E-state index contributed by atoms with van der Waals surface area (Å²) in [5.74, 6) is 0.915. The van der Waals surface area contributed by atoms with Gasteiger partial charge >= 0.3 is 6.61 Å². The van der Waals surface area contributed by atoms with Crippen molar-refractivity contribution in [3.63, 3.8) is 0 Å². The third-order valence-electron chi connectivity index (χ3n) is 3.57. The van der Waals surface area contributed by atoms with E-state index in [1.165, 1.54) is 12.8 Å². The SMILES string of the molecule is CN(Cc1ccc(OC(F)F)cc1)CC1CCCNC1.Cl. The van der Waals surface area contributed by atoms with Crippen LogP contribution in [0.3, 0.4) is 0 Å². The molecule has 1 saturated heterocycles. The van der Waals surface area contributed by atoms with Crippen molar-refractivity contribution in [1.82, 2.24) is 10.2 Å². The molecule has 1 aliphatic heterocycles. The lowest BCUT2D eigenvalue weighted by Gasteiger charge is -2.27. The van der Waals surface area contributed by atoms with Gasteiger partial charge in [-0.25, -0.2) is 0 Å². The van der Waals surface area contributed by atoms with Crippen molar-refractivity contribution in [3.8, 4) is 5.75 Å². The second kappa shape index (κ2) is 9.18. The first-order valence-electron chi connectivity index (χ1n) is 7.06. The summed E-state index contributed by atoms with van der Waals surface area (Å²) < 4.78 is 28.5. The molecule has 0 aliphatic carbocycles. The maximum Gasteiger partial charge on any atom is 0.387 e. The van der Waals surface area contributed by atoms with E-state index >= 15 is 0 Å². The lowest BCUT2D eigenvalue weighted by molar-refractivity contribution is -0.0498. The molecule has 0 radical (unpaired) electrons. The van der Waals surface area contributed by atoms with Gasteiger partial charge < -0.3 is 15.0 Å². The summed E-state index contributed by atoms with van der Waals surface area (Å²) in [7, 11) is 2.10. The van der Waals surface area contributed by atoms with E-state index in [0.29, 0.717) is 5.92 Å². The zero-order chi connectivity index (χ0) is 14.4. The molecule has 21 heavy (non-hydrogen) atoms. The molecule has 120 valence electrons. The summed E-state index contributed by atoms with van der Waals surface area (Å²) in [5, 5.41) is 3.42. The molecule has 3 nitrogen and oxygen atoms in total. The van der Waals surface area contributed by atoms with Crippen molar-refractivity contribution in [2.24, 2.45) is 5.92 Å². The zero-order valence-corrected chi connectivity index (χ0v) is 13.0. The zero-order valence-electron chi connectivity index (χ0n) is 12.2. The lowest BCUT2D eigenvalue weighted by atomic mass is 9.99. The second-order valence-corrected chi connectivity index (χ2v) is 5.43.